The van der Waals surface area contributed by atoms with E-state index in [1.807, 2.05) is 11.3 Å². The normalized spacial score (nSPS) is 17.5. The van der Waals surface area contributed by atoms with Crippen LogP contribution in [-0.2, 0) is 28.1 Å². The van der Waals surface area contributed by atoms with Gasteiger partial charge in [-0.3, -0.25) is 4.90 Å². The van der Waals surface area contributed by atoms with Crippen molar-refractivity contribution < 1.29 is 46.1 Å². The van der Waals surface area contributed by atoms with Crippen molar-refractivity contribution in [2.75, 3.05) is 26.7 Å². The third-order valence-corrected chi connectivity index (χ3v) is 7.88. The highest BCUT2D eigenvalue weighted by Crippen LogP contribution is 2.42. The van der Waals surface area contributed by atoms with Crippen LogP contribution in [0, 0.1) is 13.8 Å². The van der Waals surface area contributed by atoms with E-state index in [1.165, 1.54) is 53.6 Å². The number of halogens is 6. The molecule has 2 aromatic rings. The summed E-state index contributed by atoms with van der Waals surface area (Å²) in [6.45, 7) is 14.6. The molecule has 226 valence electrons. The standard InChI is InChI=1S/C21H32N4S.2C2HF3O2/c1-15(2)25-17(4)22-20-18(25)12-24(13-19-16(3)6-11-26-19)14-21(20)7-9-23(5)10-8-21;2*3-2(4,5)1(6)7/h6,11,15H,7-10,12-14H2,1-5H3;2*(H,6,7). The van der Waals surface area contributed by atoms with Gasteiger partial charge in [-0.1, -0.05) is 0 Å². The molecule has 0 aliphatic carbocycles. The van der Waals surface area contributed by atoms with Crippen LogP contribution in [0.25, 0.3) is 0 Å². The zero-order valence-corrected chi connectivity index (χ0v) is 23.7. The van der Waals surface area contributed by atoms with Crippen LogP contribution in [0.5, 0.6) is 0 Å². The van der Waals surface area contributed by atoms with Crippen LogP contribution < -0.4 is 0 Å². The van der Waals surface area contributed by atoms with Gasteiger partial charge in [-0.2, -0.15) is 26.3 Å². The number of likely N-dealkylation sites (tertiary alicyclic amines) is 1. The van der Waals surface area contributed by atoms with E-state index in [-0.39, 0.29) is 5.41 Å². The molecule has 2 aromatic heterocycles. The van der Waals surface area contributed by atoms with E-state index in [0.29, 0.717) is 6.04 Å². The number of piperidine rings is 1. The van der Waals surface area contributed by atoms with E-state index < -0.39 is 24.3 Å². The van der Waals surface area contributed by atoms with Crippen molar-refractivity contribution in [2.24, 2.45) is 0 Å². The fourth-order valence-corrected chi connectivity index (χ4v) is 5.89. The lowest BCUT2D eigenvalue weighted by molar-refractivity contribution is -0.193. The van der Waals surface area contributed by atoms with Gasteiger partial charge in [-0.15, -0.1) is 11.3 Å². The number of aryl methyl sites for hydroxylation is 2. The van der Waals surface area contributed by atoms with E-state index in [0.717, 1.165) is 19.6 Å². The van der Waals surface area contributed by atoms with Gasteiger partial charge in [0.05, 0.1) is 11.4 Å². The van der Waals surface area contributed by atoms with Crippen LogP contribution >= 0.6 is 11.3 Å². The lowest BCUT2D eigenvalue weighted by Crippen LogP contribution is -2.51. The van der Waals surface area contributed by atoms with Crippen molar-refractivity contribution in [1.82, 2.24) is 19.4 Å². The van der Waals surface area contributed by atoms with Crippen LogP contribution in [0.4, 0.5) is 26.3 Å². The van der Waals surface area contributed by atoms with Gasteiger partial charge >= 0.3 is 24.3 Å². The molecule has 2 N–H and O–H groups in total. The number of aromatic nitrogens is 2. The molecule has 15 heteroatoms. The minimum Gasteiger partial charge on any atom is -0.475 e. The summed E-state index contributed by atoms with van der Waals surface area (Å²) in [7, 11) is 2.25. The second-order valence-corrected chi connectivity index (χ2v) is 11.3. The highest BCUT2D eigenvalue weighted by molar-refractivity contribution is 7.10. The molecule has 4 rings (SSSR count). The van der Waals surface area contributed by atoms with E-state index in [2.05, 4.69) is 60.6 Å². The van der Waals surface area contributed by atoms with Crippen molar-refractivity contribution >= 4 is 23.3 Å². The van der Waals surface area contributed by atoms with E-state index in [4.69, 9.17) is 24.8 Å². The molecule has 1 fully saturated rings. The van der Waals surface area contributed by atoms with Crippen LogP contribution in [0.3, 0.4) is 0 Å². The Hall–Kier alpha value is -2.65. The van der Waals surface area contributed by atoms with Crippen LogP contribution in [0.2, 0.25) is 0 Å². The van der Waals surface area contributed by atoms with Crippen LogP contribution in [-0.4, -0.2) is 80.5 Å². The number of hydrogen-bond acceptors (Lipinski definition) is 6. The summed E-state index contributed by atoms with van der Waals surface area (Å²) in [5, 5.41) is 16.5. The van der Waals surface area contributed by atoms with Gasteiger partial charge in [-0.05, 0) is 77.7 Å². The van der Waals surface area contributed by atoms with Gasteiger partial charge in [0, 0.05) is 36.0 Å². The van der Waals surface area contributed by atoms with Gasteiger partial charge in [0.15, 0.2) is 0 Å². The summed E-state index contributed by atoms with van der Waals surface area (Å²) in [4.78, 5) is 29.6. The molecule has 0 amide bonds. The molecule has 2 aliphatic rings. The topological polar surface area (TPSA) is 98.9 Å². The Labute approximate surface area is 232 Å². The molecular formula is C25H34F6N4O4S. The number of carboxylic acid groups (broad SMARTS) is 2. The van der Waals surface area contributed by atoms with Crippen LogP contribution in [0.15, 0.2) is 11.4 Å². The minimum absolute atomic E-state index is 0.232. The number of carboxylic acids is 2. The van der Waals surface area contributed by atoms with Gasteiger partial charge in [0.1, 0.15) is 5.82 Å². The van der Waals surface area contributed by atoms with E-state index in [9.17, 15) is 26.3 Å². The molecule has 0 atom stereocenters. The second-order valence-electron chi connectivity index (χ2n) is 10.3. The van der Waals surface area contributed by atoms with Crippen LogP contribution in [0.1, 0.15) is 60.4 Å². The number of aliphatic carboxylic acids is 2. The molecule has 2 aliphatic heterocycles. The molecule has 0 aromatic carbocycles. The maximum atomic E-state index is 10.6. The number of fused-ring (bicyclic) bond motifs is 2. The number of nitrogens with zero attached hydrogens (tertiary/aromatic N) is 4. The number of carbonyl (C=O) groups is 2. The monoisotopic (exact) mass is 600 g/mol. The lowest BCUT2D eigenvalue weighted by atomic mass is 9.72. The molecular weight excluding hydrogens is 566 g/mol. The lowest BCUT2D eigenvalue weighted by Gasteiger charge is -2.46. The maximum Gasteiger partial charge on any atom is 0.490 e. The zero-order chi connectivity index (χ0) is 30.6. The number of hydrogen-bond donors (Lipinski definition) is 2. The van der Waals surface area contributed by atoms with Crippen molar-refractivity contribution in [1.29, 1.82) is 0 Å². The van der Waals surface area contributed by atoms with Crippen molar-refractivity contribution in [3.05, 3.63) is 39.1 Å². The first-order valence-corrected chi connectivity index (χ1v) is 13.3. The second kappa shape index (κ2) is 12.9. The summed E-state index contributed by atoms with van der Waals surface area (Å²) < 4.78 is 66.0. The summed E-state index contributed by atoms with van der Waals surface area (Å²) >= 11 is 1.90. The Morgan fingerprint density at radius 2 is 1.55 bits per heavy atom. The number of alkyl halides is 6. The molecule has 8 nitrogen and oxygen atoms in total. The summed E-state index contributed by atoms with van der Waals surface area (Å²) in [6.07, 6.45) is -7.71. The number of imidazole rings is 1. The predicted molar refractivity (Wildman–Crippen MR) is 136 cm³/mol. The first-order chi connectivity index (χ1) is 18.3. The first-order valence-electron chi connectivity index (χ1n) is 12.4. The summed E-state index contributed by atoms with van der Waals surface area (Å²) in [5.41, 5.74) is 4.56. The molecule has 40 heavy (non-hydrogen) atoms. The van der Waals surface area contributed by atoms with Gasteiger partial charge < -0.3 is 19.7 Å². The average Bonchev–Trinajstić information content (AvgIpc) is 3.38. The quantitative estimate of drug-likeness (QED) is 0.456. The van der Waals surface area contributed by atoms with Crippen molar-refractivity contribution in [3.8, 4) is 0 Å². The minimum atomic E-state index is -5.08. The smallest absolute Gasteiger partial charge is 0.475 e. The first kappa shape index (κ1) is 33.6. The largest absolute Gasteiger partial charge is 0.490 e. The third-order valence-electron chi connectivity index (χ3n) is 6.87. The van der Waals surface area contributed by atoms with E-state index in [1.54, 1.807) is 0 Å². The molecule has 0 saturated carbocycles. The highest BCUT2D eigenvalue weighted by atomic mass is 32.1. The predicted octanol–water partition coefficient (Wildman–Crippen LogP) is 5.39. The third kappa shape index (κ3) is 8.43. The fraction of sp³-hybridized carbons (Fsp3) is 0.640. The molecule has 4 heterocycles. The fourth-order valence-electron chi connectivity index (χ4n) is 4.94. The molecule has 1 saturated heterocycles. The maximum absolute atomic E-state index is 10.6. The van der Waals surface area contributed by atoms with Gasteiger partial charge in [0.25, 0.3) is 0 Å². The van der Waals surface area contributed by atoms with Crippen molar-refractivity contribution in [3.63, 3.8) is 0 Å². The Balaban J connectivity index is 0.000000333. The Morgan fingerprint density at radius 3 is 1.95 bits per heavy atom. The highest BCUT2D eigenvalue weighted by Gasteiger charge is 2.45. The molecule has 1 spiro atoms. The van der Waals surface area contributed by atoms with Gasteiger partial charge in [0.2, 0.25) is 0 Å². The average molecular weight is 601 g/mol. The Kier molecular flexibility index (Phi) is 10.8. The molecule has 0 unspecified atom stereocenters. The van der Waals surface area contributed by atoms with Crippen molar-refractivity contribution in [2.45, 2.75) is 77.4 Å². The van der Waals surface area contributed by atoms with E-state index >= 15 is 0 Å². The van der Waals surface area contributed by atoms with Gasteiger partial charge in [-0.25, -0.2) is 14.6 Å². The zero-order valence-electron chi connectivity index (χ0n) is 22.9. The number of thiophene rings is 1. The molecule has 0 bridgehead atoms. The Morgan fingerprint density at radius 1 is 1.05 bits per heavy atom. The Bertz CT molecular complexity index is 1140. The molecule has 0 radical (unpaired) electrons. The summed E-state index contributed by atoms with van der Waals surface area (Å²) in [5.74, 6) is -4.32. The summed E-state index contributed by atoms with van der Waals surface area (Å²) in [6, 6.07) is 2.72. The SMILES string of the molecule is Cc1ccsc1CN1Cc2c(nc(C)n2C(C)C)C2(CCN(C)CC2)C1.O=C(O)C(F)(F)F.O=C(O)C(F)(F)F. The number of rotatable bonds is 3.